The van der Waals surface area contributed by atoms with Crippen molar-refractivity contribution in [3.05, 3.63) is 72.6 Å². The van der Waals surface area contributed by atoms with Crippen LogP contribution in [0.4, 0.5) is 9.59 Å². The highest BCUT2D eigenvalue weighted by Gasteiger charge is 2.56. The number of rotatable bonds is 11. The Balaban J connectivity index is 0.946. The third-order valence-electron chi connectivity index (χ3n) is 12.6. The van der Waals surface area contributed by atoms with Gasteiger partial charge >= 0.3 is 12.2 Å². The summed E-state index contributed by atoms with van der Waals surface area (Å²) in [5.41, 5.74) is 5.79. The highest BCUT2D eigenvalue weighted by atomic mass is 16.5. The van der Waals surface area contributed by atoms with Gasteiger partial charge in [-0.2, -0.15) is 0 Å². The maximum Gasteiger partial charge on any atom is 0.407 e. The maximum atomic E-state index is 13.8. The third-order valence-corrected chi connectivity index (χ3v) is 12.6. The van der Waals surface area contributed by atoms with Gasteiger partial charge < -0.3 is 40.2 Å². The number of ether oxygens (including phenoxy) is 1. The van der Waals surface area contributed by atoms with E-state index >= 15 is 0 Å². The molecule has 2 saturated carbocycles. The Morgan fingerprint density at radius 1 is 0.684 bits per heavy atom. The lowest BCUT2D eigenvalue weighted by atomic mass is 10.0. The summed E-state index contributed by atoms with van der Waals surface area (Å²) in [6.45, 7) is 8.81. The summed E-state index contributed by atoms with van der Waals surface area (Å²) in [5.74, 6) is 0.858. The zero-order chi connectivity index (χ0) is 40.2. The van der Waals surface area contributed by atoms with Crippen LogP contribution in [0.15, 0.2) is 60.9 Å². The van der Waals surface area contributed by atoms with Crippen molar-refractivity contribution in [1.82, 2.24) is 40.4 Å². The van der Waals surface area contributed by atoms with E-state index in [2.05, 4.69) is 57.0 Å². The Hall–Kier alpha value is -5.66. The normalized spacial score (nSPS) is 21.2. The van der Waals surface area contributed by atoms with Gasteiger partial charge in [-0.05, 0) is 72.3 Å². The van der Waals surface area contributed by atoms with Gasteiger partial charge in [0.15, 0.2) is 0 Å². The van der Waals surface area contributed by atoms with Crippen molar-refractivity contribution in [2.75, 3.05) is 20.2 Å². The van der Waals surface area contributed by atoms with Crippen LogP contribution in [0, 0.1) is 22.7 Å². The maximum absolute atomic E-state index is 13.8. The van der Waals surface area contributed by atoms with E-state index in [4.69, 9.17) is 14.7 Å². The summed E-state index contributed by atoms with van der Waals surface area (Å²) in [6.07, 6.45) is 7.89. The SMILES string of the molecule is COC(=O)N[C@@H](C(=O)N1CC2(CC2)C[C@H]1c1nc(-c2ccc(-c3ccc(-c4c[nH]c([C@@H]5CC6(CC6)CN5C(=O)[C@H](NC(=O)O)C(C)C)n4)cc3)cc2)c[nH]1)C(C)C. The number of aromatic amines is 2. The number of aromatic nitrogens is 4. The van der Waals surface area contributed by atoms with E-state index in [1.807, 2.05) is 62.0 Å². The standard InChI is InChI=1S/C43H52N8O6/c1-24(2)34(48-40(54)55)38(52)50-22-42(14-15-42)18-32(50)36-44-20-30(46-36)28-10-6-26(7-11-28)27-8-12-29(13-9-27)31-21-45-37(47-31)33-19-43(16-17-43)23-51(33)39(53)35(25(3)4)49-41(56)57-5/h6-13,20-21,24-25,32-35,48H,14-19,22-23H2,1-5H3,(H,44,46)(H,45,47)(H,49,56)(H,54,55)/t32-,33-,34+,35+/m0/s1. The molecule has 2 aromatic heterocycles. The summed E-state index contributed by atoms with van der Waals surface area (Å²) >= 11 is 0. The minimum Gasteiger partial charge on any atom is -0.465 e. The molecule has 14 heteroatoms. The number of imidazole rings is 2. The molecule has 0 bridgehead atoms. The number of likely N-dealkylation sites (tertiary alicyclic amines) is 2. The molecule has 57 heavy (non-hydrogen) atoms. The van der Waals surface area contributed by atoms with Crippen molar-refractivity contribution in [3.8, 4) is 33.6 Å². The monoisotopic (exact) mass is 776 g/mol. The van der Waals surface area contributed by atoms with Gasteiger partial charge in [0.25, 0.3) is 0 Å². The smallest absolute Gasteiger partial charge is 0.407 e. The molecular formula is C43H52N8O6. The number of carbonyl (C=O) groups is 4. The van der Waals surface area contributed by atoms with E-state index in [9.17, 15) is 24.3 Å². The molecule has 4 fully saturated rings. The largest absolute Gasteiger partial charge is 0.465 e. The van der Waals surface area contributed by atoms with E-state index < -0.39 is 24.3 Å². The first-order valence-electron chi connectivity index (χ1n) is 20.0. The number of methoxy groups -OCH3 is 1. The average molecular weight is 777 g/mol. The molecule has 4 aromatic rings. The highest BCUT2D eigenvalue weighted by molar-refractivity contribution is 5.87. The molecular weight excluding hydrogens is 725 g/mol. The summed E-state index contributed by atoms with van der Waals surface area (Å²) in [6, 6.07) is 14.5. The lowest BCUT2D eigenvalue weighted by Crippen LogP contribution is -2.51. The molecule has 2 aliphatic carbocycles. The van der Waals surface area contributed by atoms with Crippen molar-refractivity contribution >= 4 is 24.0 Å². The molecule has 2 saturated heterocycles. The molecule has 2 aliphatic heterocycles. The van der Waals surface area contributed by atoms with Crippen molar-refractivity contribution in [2.24, 2.45) is 22.7 Å². The van der Waals surface area contributed by atoms with Crippen molar-refractivity contribution < 1.29 is 29.0 Å². The predicted molar refractivity (Wildman–Crippen MR) is 212 cm³/mol. The van der Waals surface area contributed by atoms with Gasteiger partial charge in [0.2, 0.25) is 11.8 Å². The number of H-pyrrole nitrogens is 2. The molecule has 5 N–H and O–H groups in total. The lowest BCUT2D eigenvalue weighted by Gasteiger charge is -2.30. The summed E-state index contributed by atoms with van der Waals surface area (Å²) in [7, 11) is 1.30. The summed E-state index contributed by atoms with van der Waals surface area (Å²) in [5, 5.41) is 14.6. The molecule has 8 rings (SSSR count). The van der Waals surface area contributed by atoms with Gasteiger partial charge in [0.1, 0.15) is 23.7 Å². The number of amides is 4. The van der Waals surface area contributed by atoms with E-state index in [-0.39, 0.29) is 46.6 Å². The molecule has 2 aromatic carbocycles. The van der Waals surface area contributed by atoms with Crippen LogP contribution >= 0.6 is 0 Å². The minimum absolute atomic E-state index is 0.0920. The van der Waals surface area contributed by atoms with Crippen LogP contribution in [0.5, 0.6) is 0 Å². The summed E-state index contributed by atoms with van der Waals surface area (Å²) in [4.78, 5) is 71.5. The second-order valence-corrected chi connectivity index (χ2v) is 17.4. The van der Waals surface area contributed by atoms with Gasteiger partial charge in [-0.1, -0.05) is 76.2 Å². The van der Waals surface area contributed by atoms with Crippen molar-refractivity contribution in [2.45, 2.75) is 90.4 Å². The second-order valence-electron chi connectivity index (χ2n) is 17.4. The molecule has 300 valence electrons. The molecule has 4 atom stereocenters. The Morgan fingerprint density at radius 3 is 1.42 bits per heavy atom. The van der Waals surface area contributed by atoms with E-state index in [1.165, 1.54) is 7.11 Å². The van der Waals surface area contributed by atoms with E-state index in [1.54, 1.807) is 0 Å². The Bertz CT molecular complexity index is 2150. The Labute approximate surface area is 332 Å². The van der Waals surface area contributed by atoms with Crippen LogP contribution < -0.4 is 10.6 Å². The van der Waals surface area contributed by atoms with E-state index in [0.717, 1.165) is 83.8 Å². The van der Waals surface area contributed by atoms with Crippen molar-refractivity contribution in [3.63, 3.8) is 0 Å². The van der Waals surface area contributed by atoms with Gasteiger partial charge in [-0.3, -0.25) is 9.59 Å². The fourth-order valence-electron chi connectivity index (χ4n) is 8.82. The molecule has 0 radical (unpaired) electrons. The van der Waals surface area contributed by atoms with Gasteiger partial charge in [-0.15, -0.1) is 0 Å². The van der Waals surface area contributed by atoms with E-state index in [0.29, 0.717) is 13.1 Å². The van der Waals surface area contributed by atoms with Gasteiger partial charge in [0, 0.05) is 36.6 Å². The number of carbonyl (C=O) groups excluding carboxylic acids is 3. The first kappa shape index (κ1) is 38.2. The van der Waals surface area contributed by atoms with Gasteiger partial charge in [0.05, 0.1) is 30.6 Å². The highest BCUT2D eigenvalue weighted by Crippen LogP contribution is 2.59. The van der Waals surface area contributed by atoms with Crippen LogP contribution in [0.2, 0.25) is 0 Å². The lowest BCUT2D eigenvalue weighted by molar-refractivity contribution is -0.136. The Kier molecular flexibility index (Phi) is 9.85. The molecule has 2 spiro atoms. The average Bonchev–Trinajstić information content (AvgIpc) is 3.77. The van der Waals surface area contributed by atoms with Crippen LogP contribution in [-0.2, 0) is 14.3 Å². The zero-order valence-corrected chi connectivity index (χ0v) is 33.2. The molecule has 4 heterocycles. The second kappa shape index (κ2) is 14.7. The number of nitrogens with zero attached hydrogens (tertiary/aromatic N) is 4. The van der Waals surface area contributed by atoms with Crippen LogP contribution in [0.1, 0.15) is 90.0 Å². The minimum atomic E-state index is -1.20. The fraction of sp³-hybridized carbons (Fsp3) is 0.488. The number of hydrogen-bond donors (Lipinski definition) is 5. The number of benzene rings is 2. The number of alkyl carbamates (subject to hydrolysis) is 1. The molecule has 0 unspecified atom stereocenters. The number of nitrogens with one attached hydrogen (secondary N) is 4. The first-order valence-corrected chi connectivity index (χ1v) is 20.0. The molecule has 4 amide bonds. The first-order chi connectivity index (χ1) is 27.3. The fourth-order valence-corrected chi connectivity index (χ4v) is 8.82. The van der Waals surface area contributed by atoms with Crippen molar-refractivity contribution in [1.29, 1.82) is 0 Å². The van der Waals surface area contributed by atoms with Gasteiger partial charge in [-0.25, -0.2) is 19.6 Å². The zero-order valence-electron chi connectivity index (χ0n) is 33.2. The summed E-state index contributed by atoms with van der Waals surface area (Å²) < 4.78 is 4.81. The molecule has 14 nitrogen and oxygen atoms in total. The number of hydrogen-bond acceptors (Lipinski definition) is 7. The third kappa shape index (κ3) is 7.61. The molecule has 4 aliphatic rings. The number of carboxylic acid groups (broad SMARTS) is 1. The van der Waals surface area contributed by atoms with Crippen LogP contribution in [0.3, 0.4) is 0 Å². The van der Waals surface area contributed by atoms with Crippen LogP contribution in [0.25, 0.3) is 33.6 Å². The predicted octanol–water partition coefficient (Wildman–Crippen LogP) is 6.91. The Morgan fingerprint density at radius 2 is 1.07 bits per heavy atom. The van der Waals surface area contributed by atoms with Crippen LogP contribution in [-0.4, -0.2) is 91.1 Å². The quantitative estimate of drug-likeness (QED) is 0.109. The topological polar surface area (TPSA) is 186 Å².